The highest BCUT2D eigenvalue weighted by Crippen LogP contribution is 2.82. The van der Waals surface area contributed by atoms with Gasteiger partial charge in [-0.25, -0.2) is 0 Å². The van der Waals surface area contributed by atoms with E-state index in [0.717, 1.165) is 30.1 Å². The Morgan fingerprint density at radius 1 is 0.857 bits per heavy atom. The molecule has 0 amide bonds. The van der Waals surface area contributed by atoms with Crippen LogP contribution in [0.2, 0.25) is 0 Å². The average molecular weight is 487 g/mol. The van der Waals surface area contributed by atoms with E-state index in [1.165, 1.54) is 51.4 Å². The number of ether oxygens (including phenoxy) is 4. The van der Waals surface area contributed by atoms with Crippen LogP contribution in [0.4, 0.5) is 0 Å². The Morgan fingerprint density at radius 2 is 1.63 bits per heavy atom. The molecule has 5 saturated carbocycles. The van der Waals surface area contributed by atoms with Gasteiger partial charge in [0.2, 0.25) is 0 Å². The lowest BCUT2D eigenvalue weighted by atomic mass is 9.45. The SMILES string of the molecule is CO[C@@H]1C[C@H]2[C@@H]3CC[C@H]([C@H](C)[C@@H]4C[C@@]5(C)O[C@@](C)(O4)OC5(C)C)[C@@]3(C)CC[C@@H]2[C@@]2(C)CC[C@@H]3C[C@]312. The van der Waals surface area contributed by atoms with Crippen LogP contribution >= 0.6 is 0 Å². The summed E-state index contributed by atoms with van der Waals surface area (Å²) >= 11 is 0. The third-order valence-electron chi connectivity index (χ3n) is 14.2. The maximum absolute atomic E-state index is 6.63. The molecule has 2 heterocycles. The molecule has 1 spiro atoms. The fourth-order valence-corrected chi connectivity index (χ4v) is 12.2. The topological polar surface area (TPSA) is 36.9 Å². The van der Waals surface area contributed by atoms with Crippen LogP contribution in [0.5, 0.6) is 0 Å². The van der Waals surface area contributed by atoms with Gasteiger partial charge in [-0.15, -0.1) is 0 Å². The zero-order valence-electron chi connectivity index (χ0n) is 23.6. The normalized spacial score (nSPS) is 62.6. The van der Waals surface area contributed by atoms with Gasteiger partial charge >= 0.3 is 0 Å². The second kappa shape index (κ2) is 6.88. The van der Waals surface area contributed by atoms with Crippen molar-refractivity contribution in [3.63, 3.8) is 0 Å². The van der Waals surface area contributed by atoms with Crippen LogP contribution in [0.3, 0.4) is 0 Å². The van der Waals surface area contributed by atoms with Crippen LogP contribution in [-0.4, -0.2) is 36.5 Å². The first-order valence-electron chi connectivity index (χ1n) is 14.9. The zero-order valence-corrected chi connectivity index (χ0v) is 23.6. The minimum Gasteiger partial charge on any atom is -0.381 e. The first-order chi connectivity index (χ1) is 16.3. The molecule has 2 bridgehead atoms. The molecule has 2 saturated heterocycles. The minimum atomic E-state index is -0.909. The van der Waals surface area contributed by atoms with Crippen LogP contribution in [-0.2, 0) is 18.9 Å². The molecule has 0 aromatic rings. The number of methoxy groups -OCH3 is 1. The van der Waals surface area contributed by atoms with Crippen LogP contribution < -0.4 is 0 Å². The van der Waals surface area contributed by atoms with Gasteiger partial charge in [0.15, 0.2) is 0 Å². The molecule has 7 fully saturated rings. The van der Waals surface area contributed by atoms with Crippen molar-refractivity contribution in [3.8, 4) is 0 Å². The van der Waals surface area contributed by atoms with E-state index in [1.807, 2.05) is 14.0 Å². The number of rotatable bonds is 3. The van der Waals surface area contributed by atoms with E-state index in [0.29, 0.717) is 34.2 Å². The zero-order chi connectivity index (χ0) is 24.8. The van der Waals surface area contributed by atoms with Crippen molar-refractivity contribution in [1.82, 2.24) is 0 Å². The van der Waals surface area contributed by atoms with Crippen molar-refractivity contribution in [1.29, 1.82) is 0 Å². The third-order valence-corrected chi connectivity index (χ3v) is 14.2. The smallest absolute Gasteiger partial charge is 0.281 e. The molecule has 2 aliphatic heterocycles. The summed E-state index contributed by atoms with van der Waals surface area (Å²) in [6.45, 7) is 16.4. The molecule has 4 heteroatoms. The Kier molecular flexibility index (Phi) is 4.70. The molecular weight excluding hydrogens is 436 g/mol. The minimum absolute atomic E-state index is 0.194. The molecule has 0 N–H and O–H groups in total. The molecule has 0 unspecified atom stereocenters. The predicted octanol–water partition coefficient (Wildman–Crippen LogP) is 6.95. The summed E-state index contributed by atoms with van der Waals surface area (Å²) in [4.78, 5) is 0. The molecule has 198 valence electrons. The first kappa shape index (κ1) is 23.9. The van der Waals surface area contributed by atoms with Crippen molar-refractivity contribution in [2.24, 2.45) is 51.8 Å². The molecular formula is C31H50O4. The molecule has 0 aromatic heterocycles. The summed E-state index contributed by atoms with van der Waals surface area (Å²) in [5.74, 6) is 3.88. The maximum atomic E-state index is 6.63. The molecule has 35 heavy (non-hydrogen) atoms. The van der Waals surface area contributed by atoms with E-state index in [-0.39, 0.29) is 17.3 Å². The number of fused-ring (bicyclic) bond motifs is 6. The van der Waals surface area contributed by atoms with E-state index < -0.39 is 5.97 Å². The maximum Gasteiger partial charge on any atom is 0.281 e. The van der Waals surface area contributed by atoms with Crippen LogP contribution in [0.25, 0.3) is 0 Å². The second-order valence-corrected chi connectivity index (χ2v) is 15.5. The van der Waals surface area contributed by atoms with Gasteiger partial charge in [-0.2, -0.15) is 0 Å². The molecule has 0 radical (unpaired) electrons. The lowest BCUT2D eigenvalue weighted by Crippen LogP contribution is -2.57. The van der Waals surface area contributed by atoms with Gasteiger partial charge in [0.1, 0.15) is 5.60 Å². The van der Waals surface area contributed by atoms with Gasteiger partial charge in [0.25, 0.3) is 5.97 Å². The molecule has 0 aromatic carbocycles. The van der Waals surface area contributed by atoms with Gasteiger partial charge in [-0.1, -0.05) is 20.8 Å². The van der Waals surface area contributed by atoms with E-state index >= 15 is 0 Å². The molecule has 5 aliphatic carbocycles. The molecule has 13 atom stereocenters. The average Bonchev–Trinajstić information content (AvgIpc) is 3.23. The molecule has 4 nitrogen and oxygen atoms in total. The largest absolute Gasteiger partial charge is 0.381 e. The predicted molar refractivity (Wildman–Crippen MR) is 136 cm³/mol. The van der Waals surface area contributed by atoms with Crippen molar-refractivity contribution in [2.75, 3.05) is 7.11 Å². The summed E-state index contributed by atoms with van der Waals surface area (Å²) in [5.41, 5.74) is 0.828. The highest BCUT2D eigenvalue weighted by Gasteiger charge is 2.77. The summed E-state index contributed by atoms with van der Waals surface area (Å²) in [5, 5.41) is 0. The van der Waals surface area contributed by atoms with Crippen molar-refractivity contribution in [2.45, 2.75) is 136 Å². The highest BCUT2D eigenvalue weighted by atomic mass is 16.9. The number of hydrogen-bond donors (Lipinski definition) is 0. The van der Waals surface area contributed by atoms with Gasteiger partial charge in [-0.05, 0) is 118 Å². The monoisotopic (exact) mass is 486 g/mol. The fraction of sp³-hybridized carbons (Fsp3) is 1.00. The molecule has 7 aliphatic rings. The Hall–Kier alpha value is -0.160. The fourth-order valence-electron chi connectivity index (χ4n) is 12.2. The molecule has 7 rings (SSSR count). The Bertz CT molecular complexity index is 914. The third kappa shape index (κ3) is 2.74. The van der Waals surface area contributed by atoms with Crippen molar-refractivity contribution < 1.29 is 18.9 Å². The van der Waals surface area contributed by atoms with Gasteiger partial charge in [0, 0.05) is 25.9 Å². The quantitative estimate of drug-likeness (QED) is 0.432. The van der Waals surface area contributed by atoms with Crippen LogP contribution in [0.1, 0.15) is 106 Å². The van der Waals surface area contributed by atoms with Gasteiger partial charge in [-0.3, -0.25) is 0 Å². The summed E-state index contributed by atoms with van der Waals surface area (Å²) in [6.07, 6.45) is 12.9. The second-order valence-electron chi connectivity index (χ2n) is 15.5. The lowest BCUT2D eigenvalue weighted by Gasteiger charge is -2.61. The van der Waals surface area contributed by atoms with E-state index in [9.17, 15) is 0 Å². The highest BCUT2D eigenvalue weighted by molar-refractivity contribution is 5.26. The van der Waals surface area contributed by atoms with Crippen molar-refractivity contribution >= 4 is 0 Å². The van der Waals surface area contributed by atoms with E-state index in [1.54, 1.807) is 0 Å². The summed E-state index contributed by atoms with van der Waals surface area (Å²) in [6, 6.07) is 0. The van der Waals surface area contributed by atoms with Gasteiger partial charge < -0.3 is 18.9 Å². The first-order valence-corrected chi connectivity index (χ1v) is 14.9. The van der Waals surface area contributed by atoms with Crippen LogP contribution in [0.15, 0.2) is 0 Å². The van der Waals surface area contributed by atoms with E-state index in [2.05, 4.69) is 41.5 Å². The Labute approximate surface area is 213 Å². The summed E-state index contributed by atoms with van der Waals surface area (Å²) in [7, 11) is 2.01. The van der Waals surface area contributed by atoms with Gasteiger partial charge in [0.05, 0.1) is 17.8 Å². The Balaban J connectivity index is 1.15. The summed E-state index contributed by atoms with van der Waals surface area (Å²) < 4.78 is 25.7. The van der Waals surface area contributed by atoms with E-state index in [4.69, 9.17) is 18.9 Å². The van der Waals surface area contributed by atoms with Crippen molar-refractivity contribution in [3.05, 3.63) is 0 Å². The lowest BCUT2D eigenvalue weighted by molar-refractivity contribution is -0.385. The standard InChI is InChI=1S/C31H50O4/c1-18(24-17-29(6)26(2,3)34-30(7,33-24)35-29)21-9-10-22-20-15-25(32-8)31-16-19(31)11-14-28(31,5)23(20)12-13-27(21,22)4/h18-25H,9-17H2,1-8H3/t18-,19+,20-,21+,22-,23-,24-,25+,27+,28+,29+,30-,31-/m0/s1. The Morgan fingerprint density at radius 3 is 2.31 bits per heavy atom. The van der Waals surface area contributed by atoms with Crippen LogP contribution in [0, 0.1) is 51.8 Å². The number of hydrogen-bond acceptors (Lipinski definition) is 4.